The summed E-state index contributed by atoms with van der Waals surface area (Å²) < 4.78 is 0. The van der Waals surface area contributed by atoms with Crippen LogP contribution in [0, 0.1) is 11.8 Å². The second-order valence-corrected chi connectivity index (χ2v) is 4.02. The molecule has 2 saturated carbocycles. The SMILES string of the molecule is Cl.NC1CCCC(C2CC2)C1. The Morgan fingerprint density at radius 2 is 1.64 bits per heavy atom. The first-order chi connectivity index (χ1) is 4.86. The van der Waals surface area contributed by atoms with Crippen LogP contribution in [0.1, 0.15) is 38.5 Å². The van der Waals surface area contributed by atoms with E-state index in [2.05, 4.69) is 0 Å². The molecule has 2 aliphatic rings. The summed E-state index contributed by atoms with van der Waals surface area (Å²) in [5.74, 6) is 2.11. The van der Waals surface area contributed by atoms with Crippen molar-refractivity contribution < 1.29 is 0 Å². The van der Waals surface area contributed by atoms with Crippen molar-refractivity contribution in [3.8, 4) is 0 Å². The van der Waals surface area contributed by atoms with Crippen LogP contribution in [0.25, 0.3) is 0 Å². The molecule has 11 heavy (non-hydrogen) atoms. The number of hydrogen-bond acceptors (Lipinski definition) is 1. The van der Waals surface area contributed by atoms with Crippen molar-refractivity contribution >= 4 is 12.4 Å². The Hall–Kier alpha value is 0.250. The Morgan fingerprint density at radius 1 is 0.909 bits per heavy atom. The third-order valence-electron chi connectivity index (χ3n) is 3.04. The molecule has 0 bridgehead atoms. The predicted octanol–water partition coefficient (Wildman–Crippen LogP) is 2.34. The third-order valence-corrected chi connectivity index (χ3v) is 3.04. The molecule has 0 spiro atoms. The van der Waals surface area contributed by atoms with E-state index >= 15 is 0 Å². The molecule has 2 aliphatic carbocycles. The van der Waals surface area contributed by atoms with Crippen LogP contribution in [0.15, 0.2) is 0 Å². The first-order valence-electron chi connectivity index (χ1n) is 4.62. The van der Waals surface area contributed by atoms with Gasteiger partial charge in [0.15, 0.2) is 0 Å². The summed E-state index contributed by atoms with van der Waals surface area (Å²) >= 11 is 0. The molecule has 0 amide bonds. The molecular weight excluding hydrogens is 158 g/mol. The van der Waals surface area contributed by atoms with E-state index < -0.39 is 0 Å². The highest BCUT2D eigenvalue weighted by atomic mass is 35.5. The molecule has 66 valence electrons. The molecule has 0 aromatic heterocycles. The highest BCUT2D eigenvalue weighted by Gasteiger charge is 2.33. The molecule has 2 atom stereocenters. The number of rotatable bonds is 1. The van der Waals surface area contributed by atoms with Crippen molar-refractivity contribution in [3.05, 3.63) is 0 Å². The molecule has 2 rings (SSSR count). The average Bonchev–Trinajstić information content (AvgIpc) is 2.68. The normalized spacial score (nSPS) is 37.9. The quantitative estimate of drug-likeness (QED) is 0.651. The second kappa shape index (κ2) is 3.77. The fourth-order valence-electron chi connectivity index (χ4n) is 2.26. The van der Waals surface area contributed by atoms with Crippen LogP contribution in [0.4, 0.5) is 0 Å². The molecule has 0 aromatic carbocycles. The Morgan fingerprint density at radius 3 is 2.18 bits per heavy atom. The largest absolute Gasteiger partial charge is 0.328 e. The molecule has 0 heterocycles. The van der Waals surface area contributed by atoms with E-state index in [0.29, 0.717) is 6.04 Å². The summed E-state index contributed by atoms with van der Waals surface area (Å²) in [4.78, 5) is 0. The Bertz CT molecular complexity index is 123. The fourth-order valence-corrected chi connectivity index (χ4v) is 2.26. The van der Waals surface area contributed by atoms with E-state index in [9.17, 15) is 0 Å². The van der Waals surface area contributed by atoms with Gasteiger partial charge in [0.2, 0.25) is 0 Å². The van der Waals surface area contributed by atoms with Crippen LogP contribution < -0.4 is 5.73 Å². The molecular formula is C9H18ClN. The smallest absolute Gasteiger partial charge is 0.00415 e. The molecule has 2 fully saturated rings. The van der Waals surface area contributed by atoms with Crippen LogP contribution in [0.2, 0.25) is 0 Å². The van der Waals surface area contributed by atoms with E-state index in [1.807, 2.05) is 0 Å². The van der Waals surface area contributed by atoms with Crippen molar-refractivity contribution in [1.29, 1.82) is 0 Å². The zero-order valence-electron chi connectivity index (χ0n) is 6.96. The summed E-state index contributed by atoms with van der Waals surface area (Å²) in [6, 6.07) is 0.541. The molecule has 0 radical (unpaired) electrons. The van der Waals surface area contributed by atoms with Gasteiger partial charge in [-0.3, -0.25) is 0 Å². The standard InChI is InChI=1S/C9H17N.ClH/c10-9-3-1-2-8(6-9)7-4-5-7;/h7-9H,1-6,10H2;1H. The maximum atomic E-state index is 5.89. The maximum absolute atomic E-state index is 5.89. The van der Waals surface area contributed by atoms with Crippen LogP contribution in [0.5, 0.6) is 0 Å². The predicted molar refractivity (Wildman–Crippen MR) is 49.9 cm³/mol. The van der Waals surface area contributed by atoms with E-state index in [1.165, 1.54) is 38.5 Å². The van der Waals surface area contributed by atoms with Crippen LogP contribution >= 0.6 is 12.4 Å². The molecule has 0 saturated heterocycles. The third kappa shape index (κ3) is 2.34. The molecule has 0 aliphatic heterocycles. The van der Waals surface area contributed by atoms with Gasteiger partial charge < -0.3 is 5.73 Å². The molecule has 2 N–H and O–H groups in total. The molecule has 2 unspecified atom stereocenters. The van der Waals surface area contributed by atoms with Gasteiger partial charge in [-0.05, 0) is 37.5 Å². The van der Waals surface area contributed by atoms with Gasteiger partial charge in [-0.25, -0.2) is 0 Å². The van der Waals surface area contributed by atoms with E-state index in [4.69, 9.17) is 5.73 Å². The van der Waals surface area contributed by atoms with Gasteiger partial charge in [-0.1, -0.05) is 12.8 Å². The van der Waals surface area contributed by atoms with Crippen molar-refractivity contribution in [2.24, 2.45) is 17.6 Å². The molecule has 2 heteroatoms. The Labute approximate surface area is 75.1 Å². The van der Waals surface area contributed by atoms with Crippen molar-refractivity contribution in [3.63, 3.8) is 0 Å². The minimum Gasteiger partial charge on any atom is -0.328 e. The topological polar surface area (TPSA) is 26.0 Å². The first-order valence-corrected chi connectivity index (χ1v) is 4.62. The van der Waals surface area contributed by atoms with Crippen LogP contribution in [-0.4, -0.2) is 6.04 Å². The number of halogens is 1. The zero-order chi connectivity index (χ0) is 6.97. The van der Waals surface area contributed by atoms with Gasteiger partial charge in [0.05, 0.1) is 0 Å². The highest BCUT2D eigenvalue weighted by molar-refractivity contribution is 5.85. The minimum absolute atomic E-state index is 0. The lowest BCUT2D eigenvalue weighted by Crippen LogP contribution is -2.28. The summed E-state index contributed by atoms with van der Waals surface area (Å²) in [5, 5.41) is 0. The fraction of sp³-hybridized carbons (Fsp3) is 1.00. The van der Waals surface area contributed by atoms with E-state index in [-0.39, 0.29) is 12.4 Å². The monoisotopic (exact) mass is 175 g/mol. The minimum atomic E-state index is 0. The number of nitrogens with two attached hydrogens (primary N) is 1. The number of hydrogen-bond donors (Lipinski definition) is 1. The van der Waals surface area contributed by atoms with Gasteiger partial charge in [0.1, 0.15) is 0 Å². The zero-order valence-corrected chi connectivity index (χ0v) is 7.78. The van der Waals surface area contributed by atoms with Gasteiger partial charge in [-0.15, -0.1) is 12.4 Å². The van der Waals surface area contributed by atoms with Gasteiger partial charge in [0, 0.05) is 6.04 Å². The van der Waals surface area contributed by atoms with Crippen LogP contribution in [0.3, 0.4) is 0 Å². The average molecular weight is 176 g/mol. The maximum Gasteiger partial charge on any atom is 0.00415 e. The lowest BCUT2D eigenvalue weighted by atomic mass is 9.83. The molecule has 1 nitrogen and oxygen atoms in total. The summed E-state index contributed by atoms with van der Waals surface area (Å²) in [7, 11) is 0. The van der Waals surface area contributed by atoms with Crippen LogP contribution in [-0.2, 0) is 0 Å². The Kier molecular flexibility index (Phi) is 3.20. The first kappa shape index (κ1) is 9.34. The highest BCUT2D eigenvalue weighted by Crippen LogP contribution is 2.43. The summed E-state index contributed by atoms with van der Waals surface area (Å²) in [5.41, 5.74) is 5.89. The summed E-state index contributed by atoms with van der Waals surface area (Å²) in [6.45, 7) is 0. The van der Waals surface area contributed by atoms with Gasteiger partial charge in [0.25, 0.3) is 0 Å². The lowest BCUT2D eigenvalue weighted by molar-refractivity contribution is 0.292. The Balaban J connectivity index is 0.000000605. The lowest BCUT2D eigenvalue weighted by Gasteiger charge is -2.26. The summed E-state index contributed by atoms with van der Waals surface area (Å²) in [6.07, 6.45) is 8.46. The van der Waals surface area contributed by atoms with E-state index in [1.54, 1.807) is 0 Å². The molecule has 0 aromatic rings. The van der Waals surface area contributed by atoms with Crippen molar-refractivity contribution in [1.82, 2.24) is 0 Å². The van der Waals surface area contributed by atoms with Gasteiger partial charge >= 0.3 is 0 Å². The van der Waals surface area contributed by atoms with Crippen molar-refractivity contribution in [2.75, 3.05) is 0 Å². The van der Waals surface area contributed by atoms with Crippen molar-refractivity contribution in [2.45, 2.75) is 44.6 Å². The van der Waals surface area contributed by atoms with Gasteiger partial charge in [-0.2, -0.15) is 0 Å². The van der Waals surface area contributed by atoms with E-state index in [0.717, 1.165) is 11.8 Å². The second-order valence-electron chi connectivity index (χ2n) is 4.02.